The lowest BCUT2D eigenvalue weighted by Crippen LogP contribution is -2.34. The van der Waals surface area contributed by atoms with E-state index in [-0.39, 0.29) is 11.9 Å². The molecule has 0 spiro atoms. The Morgan fingerprint density at radius 2 is 1.97 bits per heavy atom. The van der Waals surface area contributed by atoms with E-state index in [1.807, 2.05) is 0 Å². The highest BCUT2D eigenvalue weighted by molar-refractivity contribution is 5.84. The first kappa shape index (κ1) is 22.2. The van der Waals surface area contributed by atoms with E-state index in [9.17, 15) is 4.79 Å². The summed E-state index contributed by atoms with van der Waals surface area (Å²) in [6.07, 6.45) is 12.6. The molecule has 1 amide bonds. The average Bonchev–Trinajstić information content (AvgIpc) is 2.72. The summed E-state index contributed by atoms with van der Waals surface area (Å²) in [6.45, 7) is 3.74. The zero-order valence-electron chi connectivity index (χ0n) is 19.1. The van der Waals surface area contributed by atoms with Gasteiger partial charge >= 0.3 is 0 Å². The van der Waals surface area contributed by atoms with Gasteiger partial charge in [0.1, 0.15) is 0 Å². The Morgan fingerprint density at radius 1 is 1.17 bits per heavy atom. The van der Waals surface area contributed by atoms with Gasteiger partial charge in [-0.05, 0) is 62.4 Å². The number of hydrogen-bond acceptors (Lipinski definition) is 4. The van der Waals surface area contributed by atoms with Crippen LogP contribution < -0.4 is 15.1 Å². The molecule has 0 bridgehead atoms. The Labute approximate surface area is 181 Å². The Balaban J connectivity index is 1.83. The first-order chi connectivity index (χ1) is 14.4. The lowest BCUT2D eigenvalue weighted by molar-refractivity contribution is -0.121. The Hall–Kier alpha value is -2.53. The van der Waals surface area contributed by atoms with Crippen molar-refractivity contribution in [1.29, 1.82) is 0 Å². The Morgan fingerprint density at radius 3 is 2.67 bits per heavy atom. The Bertz CT molecular complexity index is 851. The smallest absolute Gasteiger partial charge is 0.220 e. The van der Waals surface area contributed by atoms with E-state index in [4.69, 9.17) is 0 Å². The minimum Gasteiger partial charge on any atom is -0.378 e. The van der Waals surface area contributed by atoms with Gasteiger partial charge in [0.2, 0.25) is 5.91 Å². The second-order valence-corrected chi connectivity index (χ2v) is 8.56. The summed E-state index contributed by atoms with van der Waals surface area (Å²) in [6, 6.07) is 6.90. The topological polar surface area (TPSA) is 38.8 Å². The molecule has 0 saturated carbocycles. The van der Waals surface area contributed by atoms with Crippen LogP contribution in [0.5, 0.6) is 0 Å². The fourth-order valence-electron chi connectivity index (χ4n) is 3.89. The maximum atomic E-state index is 12.2. The van der Waals surface area contributed by atoms with Gasteiger partial charge in [0, 0.05) is 51.0 Å². The molecule has 1 aromatic rings. The van der Waals surface area contributed by atoms with Gasteiger partial charge in [-0.25, -0.2) is 0 Å². The molecule has 1 atom stereocenters. The van der Waals surface area contributed by atoms with Crippen LogP contribution in [-0.4, -0.2) is 58.1 Å². The third kappa shape index (κ3) is 5.14. The van der Waals surface area contributed by atoms with Crippen molar-refractivity contribution in [3.05, 3.63) is 53.3 Å². The zero-order valence-corrected chi connectivity index (χ0v) is 19.1. The highest BCUT2D eigenvalue weighted by Crippen LogP contribution is 2.39. The van der Waals surface area contributed by atoms with Crippen LogP contribution in [0, 0.1) is 0 Å². The van der Waals surface area contributed by atoms with Crippen LogP contribution in [0.2, 0.25) is 0 Å². The number of unbranched alkanes of at least 4 members (excludes halogenated alkanes) is 1. The number of rotatable bonds is 9. The summed E-state index contributed by atoms with van der Waals surface area (Å²) in [5, 5.41) is 3.03. The zero-order chi connectivity index (χ0) is 21.7. The van der Waals surface area contributed by atoms with E-state index >= 15 is 0 Å². The molecule has 0 fully saturated rings. The predicted molar refractivity (Wildman–Crippen MR) is 128 cm³/mol. The van der Waals surface area contributed by atoms with Crippen molar-refractivity contribution in [3.8, 4) is 0 Å². The number of nitrogens with one attached hydrogen (secondary N) is 1. The van der Waals surface area contributed by atoms with Crippen molar-refractivity contribution in [2.45, 2.75) is 38.6 Å². The van der Waals surface area contributed by atoms with E-state index < -0.39 is 0 Å². The number of amides is 1. The van der Waals surface area contributed by atoms with Gasteiger partial charge in [-0.3, -0.25) is 9.69 Å². The van der Waals surface area contributed by atoms with Crippen molar-refractivity contribution < 1.29 is 4.79 Å². The van der Waals surface area contributed by atoms with E-state index in [2.05, 4.69) is 97.6 Å². The number of hydrogen-bond donors (Lipinski definition) is 1. The van der Waals surface area contributed by atoms with Crippen molar-refractivity contribution in [1.82, 2.24) is 10.2 Å². The fraction of sp³-hybridized carbons (Fsp3) is 0.480. The number of likely N-dealkylation sites (N-methyl/N-ethyl adjacent to an activating group) is 1. The largest absolute Gasteiger partial charge is 0.378 e. The molecule has 2 aliphatic rings. The summed E-state index contributed by atoms with van der Waals surface area (Å²) in [4.78, 5) is 18.9. The minimum absolute atomic E-state index is 0.155. The molecule has 3 rings (SSSR count). The predicted octanol–water partition coefficient (Wildman–Crippen LogP) is 4.04. The van der Waals surface area contributed by atoms with Crippen LogP contribution in [0.15, 0.2) is 47.7 Å². The third-order valence-electron chi connectivity index (χ3n) is 5.75. The third-order valence-corrected chi connectivity index (χ3v) is 5.75. The lowest BCUT2D eigenvalue weighted by Gasteiger charge is -2.37. The van der Waals surface area contributed by atoms with Crippen molar-refractivity contribution in [2.24, 2.45) is 0 Å². The molecule has 1 aliphatic heterocycles. The molecular formula is C25H36N4O. The summed E-state index contributed by atoms with van der Waals surface area (Å²) in [7, 11) is 8.35. The lowest BCUT2D eigenvalue weighted by atomic mass is 9.93. The molecule has 5 heteroatoms. The quantitative estimate of drug-likeness (QED) is 0.626. The van der Waals surface area contributed by atoms with Crippen LogP contribution >= 0.6 is 0 Å². The van der Waals surface area contributed by atoms with Gasteiger partial charge in [-0.15, -0.1) is 0 Å². The van der Waals surface area contributed by atoms with Crippen LogP contribution in [0.1, 0.15) is 38.2 Å². The first-order valence-corrected chi connectivity index (χ1v) is 11.0. The van der Waals surface area contributed by atoms with Crippen molar-refractivity contribution in [2.75, 3.05) is 51.1 Å². The second-order valence-electron chi connectivity index (χ2n) is 8.56. The minimum atomic E-state index is 0.155. The monoisotopic (exact) mass is 408 g/mol. The molecule has 30 heavy (non-hydrogen) atoms. The molecule has 1 aliphatic carbocycles. The first-order valence-electron chi connectivity index (χ1n) is 11.0. The fourth-order valence-corrected chi connectivity index (χ4v) is 3.89. The van der Waals surface area contributed by atoms with Gasteiger partial charge in [0.25, 0.3) is 0 Å². The number of benzene rings is 1. The number of anilines is 2. The molecule has 5 nitrogen and oxygen atoms in total. The van der Waals surface area contributed by atoms with Crippen molar-refractivity contribution in [3.63, 3.8) is 0 Å². The number of carbonyl (C=O) groups excluding carboxylic acids is 1. The summed E-state index contributed by atoms with van der Waals surface area (Å²) in [5.41, 5.74) is 6.11. The van der Waals surface area contributed by atoms with E-state index in [1.54, 1.807) is 0 Å². The van der Waals surface area contributed by atoms with Crippen LogP contribution in [0.3, 0.4) is 0 Å². The van der Waals surface area contributed by atoms with Crippen molar-refractivity contribution >= 4 is 23.4 Å². The number of carbonyl (C=O) groups is 1. The van der Waals surface area contributed by atoms with E-state index in [0.29, 0.717) is 6.42 Å². The maximum Gasteiger partial charge on any atom is 0.220 e. The summed E-state index contributed by atoms with van der Waals surface area (Å²) >= 11 is 0. The highest BCUT2D eigenvalue weighted by Gasteiger charge is 2.26. The van der Waals surface area contributed by atoms with Gasteiger partial charge in [-0.1, -0.05) is 31.6 Å². The molecule has 0 saturated heterocycles. The number of nitrogens with zero attached hydrogens (tertiary/aromatic N) is 3. The molecule has 0 radical (unpaired) electrons. The maximum absolute atomic E-state index is 12.2. The normalized spacial score (nSPS) is 17.3. The molecule has 1 aromatic carbocycles. The molecule has 162 valence electrons. The molecule has 0 aromatic heterocycles. The molecule has 1 unspecified atom stereocenters. The second kappa shape index (κ2) is 9.98. The van der Waals surface area contributed by atoms with Gasteiger partial charge in [0.15, 0.2) is 0 Å². The van der Waals surface area contributed by atoms with Gasteiger partial charge in [0.05, 0.1) is 5.69 Å². The van der Waals surface area contributed by atoms with E-state index in [1.165, 1.54) is 28.2 Å². The number of allylic oxidation sites excluding steroid dienone is 1. The molecular weight excluding hydrogens is 372 g/mol. The standard InChI is InChI=1S/C25H36N4O/c1-6-7-14-26-25(30)9-8-15-29-23-17-21(27(2)3)12-10-19(23)16-20-11-13-22(28(4)5)18-24(20)29/h10-13,16-18,21H,6-9,14-15H2,1-5H3,(H,26,30). The summed E-state index contributed by atoms with van der Waals surface area (Å²) < 4.78 is 0. The average molecular weight is 409 g/mol. The van der Waals surface area contributed by atoms with Gasteiger partial charge in [-0.2, -0.15) is 0 Å². The van der Waals surface area contributed by atoms with Gasteiger partial charge < -0.3 is 15.1 Å². The van der Waals surface area contributed by atoms with Crippen LogP contribution in [0.25, 0.3) is 6.08 Å². The Kier molecular flexibility index (Phi) is 7.38. The highest BCUT2D eigenvalue weighted by atomic mass is 16.1. The summed E-state index contributed by atoms with van der Waals surface area (Å²) in [5.74, 6) is 0.155. The molecule has 1 N–H and O–H groups in total. The number of fused-ring (bicyclic) bond motifs is 2. The van der Waals surface area contributed by atoms with Crippen LogP contribution in [0.4, 0.5) is 11.4 Å². The van der Waals surface area contributed by atoms with E-state index in [0.717, 1.165) is 32.4 Å². The molecule has 1 heterocycles. The van der Waals surface area contributed by atoms with Crippen LogP contribution in [-0.2, 0) is 4.79 Å². The SMILES string of the molecule is CCCCNC(=O)CCCN1C2=CC(N(C)C)C=CC2=Cc2ccc(N(C)C)cc21.